The molecule has 5 nitrogen and oxygen atoms in total. The average Bonchev–Trinajstić information content (AvgIpc) is 2.41. The van der Waals surface area contributed by atoms with Gasteiger partial charge in [-0.2, -0.15) is 0 Å². The van der Waals surface area contributed by atoms with Gasteiger partial charge in [0, 0.05) is 5.69 Å². The van der Waals surface area contributed by atoms with Gasteiger partial charge >= 0.3 is 5.97 Å². The molecule has 1 aromatic carbocycles. The molecule has 0 aliphatic rings. The topological polar surface area (TPSA) is 67.4 Å². The zero-order valence-electron chi connectivity index (χ0n) is 12.4. The number of ether oxygens (including phenoxy) is 1. The van der Waals surface area contributed by atoms with Crippen molar-refractivity contribution in [3.05, 3.63) is 29.8 Å². The summed E-state index contributed by atoms with van der Waals surface area (Å²) >= 11 is 0. The Kier molecular flexibility index (Phi) is 6.18. The Morgan fingerprint density at radius 3 is 2.30 bits per heavy atom. The highest BCUT2D eigenvalue weighted by Crippen LogP contribution is 2.08. The minimum Gasteiger partial charge on any atom is -0.468 e. The Morgan fingerprint density at radius 2 is 1.80 bits per heavy atom. The molecule has 2 N–H and O–H groups in total. The van der Waals surface area contributed by atoms with Crippen LogP contribution in [-0.4, -0.2) is 31.6 Å². The van der Waals surface area contributed by atoms with Crippen LogP contribution in [-0.2, 0) is 14.3 Å². The predicted octanol–water partition coefficient (Wildman–Crippen LogP) is 1.72. The molecule has 1 rings (SSSR count). The first-order chi connectivity index (χ1) is 9.43. The van der Waals surface area contributed by atoms with Gasteiger partial charge in [-0.05, 0) is 25.0 Å². The second-order valence-electron chi connectivity index (χ2n) is 5.04. The molecular weight excluding hydrogens is 256 g/mol. The number of esters is 1. The first-order valence-electron chi connectivity index (χ1n) is 6.61. The Bertz CT molecular complexity index is 455. The summed E-state index contributed by atoms with van der Waals surface area (Å²) in [6.45, 7) is 5.83. The van der Waals surface area contributed by atoms with Crippen LogP contribution in [0.15, 0.2) is 24.3 Å². The molecule has 0 radical (unpaired) electrons. The number of carbonyl (C=O) groups excluding carboxylic acids is 2. The van der Waals surface area contributed by atoms with Crippen molar-refractivity contribution in [3.8, 4) is 0 Å². The molecule has 1 amide bonds. The third-order valence-electron chi connectivity index (χ3n) is 2.94. The zero-order valence-corrected chi connectivity index (χ0v) is 12.4. The lowest BCUT2D eigenvalue weighted by Crippen LogP contribution is -2.45. The monoisotopic (exact) mass is 278 g/mol. The standard InChI is InChI=1S/C15H22N2O3/c1-10(2)14(15(19)20-4)16-9-13(18)17-12-7-5-11(3)6-8-12/h5-8,10,14,16H,9H2,1-4H3,(H,17,18). The number of nitrogens with one attached hydrogen (secondary N) is 2. The Labute approximate surface area is 119 Å². The summed E-state index contributed by atoms with van der Waals surface area (Å²) in [6.07, 6.45) is 0. The van der Waals surface area contributed by atoms with Crippen molar-refractivity contribution in [2.24, 2.45) is 5.92 Å². The van der Waals surface area contributed by atoms with Gasteiger partial charge < -0.3 is 10.1 Å². The molecule has 110 valence electrons. The second kappa shape index (κ2) is 7.65. The molecule has 0 aliphatic carbocycles. The van der Waals surface area contributed by atoms with E-state index in [2.05, 4.69) is 10.6 Å². The van der Waals surface area contributed by atoms with Crippen molar-refractivity contribution in [1.82, 2.24) is 5.32 Å². The zero-order chi connectivity index (χ0) is 15.1. The van der Waals surface area contributed by atoms with E-state index in [9.17, 15) is 9.59 Å². The number of benzene rings is 1. The molecule has 20 heavy (non-hydrogen) atoms. The number of anilines is 1. The molecule has 1 aromatic rings. The molecule has 1 unspecified atom stereocenters. The summed E-state index contributed by atoms with van der Waals surface area (Å²) in [5.41, 5.74) is 1.87. The summed E-state index contributed by atoms with van der Waals surface area (Å²) in [6, 6.07) is 7.05. The van der Waals surface area contributed by atoms with Crippen LogP contribution >= 0.6 is 0 Å². The first kappa shape index (κ1) is 16.2. The lowest BCUT2D eigenvalue weighted by molar-refractivity contribution is -0.144. The van der Waals surface area contributed by atoms with E-state index in [1.165, 1.54) is 7.11 Å². The lowest BCUT2D eigenvalue weighted by Gasteiger charge is -2.19. The van der Waals surface area contributed by atoms with E-state index < -0.39 is 6.04 Å². The number of hydrogen-bond acceptors (Lipinski definition) is 4. The van der Waals surface area contributed by atoms with Crippen molar-refractivity contribution in [2.75, 3.05) is 19.0 Å². The van der Waals surface area contributed by atoms with Crippen LogP contribution < -0.4 is 10.6 Å². The smallest absolute Gasteiger partial charge is 0.323 e. The summed E-state index contributed by atoms with van der Waals surface area (Å²) in [4.78, 5) is 23.4. The van der Waals surface area contributed by atoms with Gasteiger partial charge in [0.15, 0.2) is 0 Å². The van der Waals surface area contributed by atoms with Gasteiger partial charge in [0.25, 0.3) is 0 Å². The van der Waals surface area contributed by atoms with E-state index >= 15 is 0 Å². The minimum absolute atomic E-state index is 0.0506. The van der Waals surface area contributed by atoms with Crippen LogP contribution in [0, 0.1) is 12.8 Å². The molecule has 5 heteroatoms. The first-order valence-corrected chi connectivity index (χ1v) is 6.61. The van der Waals surface area contributed by atoms with E-state index in [0.717, 1.165) is 11.3 Å². The summed E-state index contributed by atoms with van der Waals surface area (Å²) in [5, 5.41) is 5.68. The normalized spacial score (nSPS) is 12.1. The number of amides is 1. The molecule has 0 saturated carbocycles. The van der Waals surface area contributed by atoms with Gasteiger partial charge in [-0.25, -0.2) is 0 Å². The van der Waals surface area contributed by atoms with E-state index in [-0.39, 0.29) is 24.3 Å². The fourth-order valence-electron chi connectivity index (χ4n) is 1.76. The van der Waals surface area contributed by atoms with E-state index in [1.54, 1.807) is 0 Å². The van der Waals surface area contributed by atoms with Crippen molar-refractivity contribution < 1.29 is 14.3 Å². The Morgan fingerprint density at radius 1 is 1.20 bits per heavy atom. The minimum atomic E-state index is -0.483. The number of carbonyl (C=O) groups is 2. The lowest BCUT2D eigenvalue weighted by atomic mass is 10.0. The van der Waals surface area contributed by atoms with Crippen LogP contribution in [0.2, 0.25) is 0 Å². The van der Waals surface area contributed by atoms with Gasteiger partial charge in [0.05, 0.1) is 13.7 Å². The van der Waals surface area contributed by atoms with Crippen molar-refractivity contribution in [3.63, 3.8) is 0 Å². The second-order valence-corrected chi connectivity index (χ2v) is 5.04. The van der Waals surface area contributed by atoms with Gasteiger partial charge in [-0.1, -0.05) is 31.5 Å². The van der Waals surface area contributed by atoms with Crippen LogP contribution in [0.3, 0.4) is 0 Å². The maximum Gasteiger partial charge on any atom is 0.323 e. The largest absolute Gasteiger partial charge is 0.468 e. The average molecular weight is 278 g/mol. The van der Waals surface area contributed by atoms with Gasteiger partial charge in [-0.15, -0.1) is 0 Å². The maximum atomic E-state index is 11.8. The van der Waals surface area contributed by atoms with Crippen LogP contribution in [0.4, 0.5) is 5.69 Å². The van der Waals surface area contributed by atoms with E-state index in [1.807, 2.05) is 45.0 Å². The molecule has 0 fully saturated rings. The summed E-state index contributed by atoms with van der Waals surface area (Å²) in [7, 11) is 1.34. The van der Waals surface area contributed by atoms with Gasteiger partial charge in [-0.3, -0.25) is 14.9 Å². The third kappa shape index (κ3) is 5.01. The number of hydrogen-bond donors (Lipinski definition) is 2. The number of aryl methyl sites for hydroxylation is 1. The maximum absolute atomic E-state index is 11.8. The predicted molar refractivity (Wildman–Crippen MR) is 78.5 cm³/mol. The van der Waals surface area contributed by atoms with Crippen molar-refractivity contribution >= 4 is 17.6 Å². The fraction of sp³-hybridized carbons (Fsp3) is 0.467. The fourth-order valence-corrected chi connectivity index (χ4v) is 1.76. The molecular formula is C15H22N2O3. The molecule has 0 aliphatic heterocycles. The van der Waals surface area contributed by atoms with Crippen LogP contribution in [0.5, 0.6) is 0 Å². The highest BCUT2D eigenvalue weighted by molar-refractivity contribution is 5.92. The van der Waals surface area contributed by atoms with Crippen LogP contribution in [0.25, 0.3) is 0 Å². The summed E-state index contributed by atoms with van der Waals surface area (Å²) < 4.78 is 4.70. The molecule has 0 spiro atoms. The van der Waals surface area contributed by atoms with E-state index in [4.69, 9.17) is 4.74 Å². The Hall–Kier alpha value is -1.88. The Balaban J connectivity index is 2.49. The molecule has 0 saturated heterocycles. The molecule has 0 heterocycles. The van der Waals surface area contributed by atoms with Gasteiger partial charge in [0.1, 0.15) is 6.04 Å². The number of rotatable bonds is 6. The summed E-state index contributed by atoms with van der Waals surface area (Å²) in [5.74, 6) is -0.499. The van der Waals surface area contributed by atoms with Gasteiger partial charge in [0.2, 0.25) is 5.91 Å². The van der Waals surface area contributed by atoms with Crippen LogP contribution in [0.1, 0.15) is 19.4 Å². The quantitative estimate of drug-likeness (QED) is 0.778. The molecule has 0 bridgehead atoms. The van der Waals surface area contributed by atoms with E-state index in [0.29, 0.717) is 0 Å². The highest BCUT2D eigenvalue weighted by atomic mass is 16.5. The van der Waals surface area contributed by atoms with Crippen molar-refractivity contribution in [1.29, 1.82) is 0 Å². The molecule has 1 atom stereocenters. The highest BCUT2D eigenvalue weighted by Gasteiger charge is 2.22. The van der Waals surface area contributed by atoms with Crippen molar-refractivity contribution in [2.45, 2.75) is 26.8 Å². The number of methoxy groups -OCH3 is 1. The SMILES string of the molecule is COC(=O)C(NCC(=O)Nc1ccc(C)cc1)C(C)C. The third-order valence-corrected chi connectivity index (χ3v) is 2.94. The molecule has 0 aromatic heterocycles.